The van der Waals surface area contributed by atoms with Gasteiger partial charge in [-0.05, 0) is 37.5 Å². The molecule has 7 nitrogen and oxygen atoms in total. The molecule has 1 N–H and O–H groups in total. The highest BCUT2D eigenvalue weighted by Crippen LogP contribution is 2.42. The number of fused-ring (bicyclic) bond motifs is 1. The molecule has 1 aromatic carbocycles. The van der Waals surface area contributed by atoms with E-state index in [9.17, 15) is 13.2 Å². The largest absolute Gasteiger partial charge is 0.319 e. The number of benzene rings is 1. The first-order chi connectivity index (χ1) is 13.5. The van der Waals surface area contributed by atoms with Gasteiger partial charge in [0.05, 0.1) is 28.8 Å². The highest BCUT2D eigenvalue weighted by atomic mass is 32.2. The van der Waals surface area contributed by atoms with Crippen LogP contribution in [0.15, 0.2) is 42.6 Å². The van der Waals surface area contributed by atoms with Crippen LogP contribution >= 0.6 is 0 Å². The number of pyridine rings is 1. The Morgan fingerprint density at radius 2 is 1.96 bits per heavy atom. The first-order valence-electron chi connectivity index (χ1n) is 9.45. The predicted octanol–water partition coefficient (Wildman–Crippen LogP) is 2.92. The summed E-state index contributed by atoms with van der Waals surface area (Å²) in [5.74, 6) is 0.351. The number of amides is 1. The molecule has 1 saturated carbocycles. The fraction of sp³-hybridized carbons (Fsp3) is 0.350. The zero-order valence-corrected chi connectivity index (χ0v) is 16.0. The molecule has 0 radical (unpaired) electrons. The molecule has 1 amide bonds. The van der Waals surface area contributed by atoms with Crippen molar-refractivity contribution in [3.05, 3.63) is 54.0 Å². The molecule has 1 aliphatic carbocycles. The summed E-state index contributed by atoms with van der Waals surface area (Å²) >= 11 is 0. The van der Waals surface area contributed by atoms with E-state index in [-0.39, 0.29) is 23.5 Å². The molecular weight excluding hydrogens is 376 g/mol. The van der Waals surface area contributed by atoms with Gasteiger partial charge in [0.2, 0.25) is 0 Å². The molecule has 1 atom stereocenters. The van der Waals surface area contributed by atoms with Gasteiger partial charge in [-0.3, -0.25) is 14.5 Å². The van der Waals surface area contributed by atoms with E-state index < -0.39 is 9.84 Å². The molecule has 5 rings (SSSR count). The van der Waals surface area contributed by atoms with E-state index in [1.807, 2.05) is 36.4 Å². The lowest BCUT2D eigenvalue weighted by molar-refractivity contribution is 0.102. The van der Waals surface area contributed by atoms with E-state index in [0.29, 0.717) is 23.7 Å². The fourth-order valence-electron chi connectivity index (χ4n) is 3.86. The second-order valence-electron chi connectivity index (χ2n) is 7.56. The lowest BCUT2D eigenvalue weighted by Crippen LogP contribution is -2.17. The molecule has 0 spiro atoms. The third-order valence-electron chi connectivity index (χ3n) is 5.43. The van der Waals surface area contributed by atoms with Gasteiger partial charge in [0.15, 0.2) is 15.5 Å². The number of anilines is 1. The second kappa shape index (κ2) is 6.41. The van der Waals surface area contributed by atoms with Crippen molar-refractivity contribution in [1.82, 2.24) is 14.8 Å². The quantitative estimate of drug-likeness (QED) is 0.732. The van der Waals surface area contributed by atoms with Crippen LogP contribution in [-0.2, 0) is 9.84 Å². The molecule has 3 heterocycles. The third kappa shape index (κ3) is 3.17. The van der Waals surface area contributed by atoms with Crippen molar-refractivity contribution in [3.63, 3.8) is 0 Å². The molecule has 28 heavy (non-hydrogen) atoms. The third-order valence-corrected chi connectivity index (χ3v) is 7.18. The Morgan fingerprint density at radius 1 is 1.14 bits per heavy atom. The van der Waals surface area contributed by atoms with Crippen LogP contribution in [0.5, 0.6) is 0 Å². The second-order valence-corrected chi connectivity index (χ2v) is 9.79. The summed E-state index contributed by atoms with van der Waals surface area (Å²) in [6.45, 7) is 0. The molecule has 8 heteroatoms. The highest BCUT2D eigenvalue weighted by molar-refractivity contribution is 7.91. The first-order valence-corrected chi connectivity index (χ1v) is 11.3. The van der Waals surface area contributed by atoms with Crippen LogP contribution in [0.2, 0.25) is 0 Å². The number of carbonyl (C=O) groups is 1. The lowest BCUT2D eigenvalue weighted by Gasteiger charge is -2.12. The maximum absolute atomic E-state index is 12.9. The van der Waals surface area contributed by atoms with Gasteiger partial charge in [-0.15, -0.1) is 0 Å². The summed E-state index contributed by atoms with van der Waals surface area (Å²) in [4.78, 5) is 17.2. The van der Waals surface area contributed by atoms with Gasteiger partial charge in [-0.2, -0.15) is 5.10 Å². The Bertz CT molecular complexity index is 1180. The Balaban J connectivity index is 1.46. The minimum Gasteiger partial charge on any atom is -0.319 e. The summed E-state index contributed by atoms with van der Waals surface area (Å²) in [5, 5.41) is 8.37. The molecular formula is C20H20N4O3S. The summed E-state index contributed by atoms with van der Waals surface area (Å²) in [6, 6.07) is 11.1. The predicted molar refractivity (Wildman–Crippen MR) is 106 cm³/mol. The molecule has 3 aromatic rings. The maximum Gasteiger partial charge on any atom is 0.276 e. The van der Waals surface area contributed by atoms with Crippen LogP contribution in [0.4, 0.5) is 5.69 Å². The van der Waals surface area contributed by atoms with Gasteiger partial charge >= 0.3 is 0 Å². The van der Waals surface area contributed by atoms with Crippen LogP contribution in [0.25, 0.3) is 10.9 Å². The Morgan fingerprint density at radius 3 is 2.71 bits per heavy atom. The van der Waals surface area contributed by atoms with Crippen molar-refractivity contribution in [2.45, 2.75) is 31.2 Å². The SMILES string of the molecule is O=C(Nc1cccc2cccnc12)c1cc(C2CC2)n(C2CCS(=O)(=O)C2)n1. The monoisotopic (exact) mass is 396 g/mol. The summed E-state index contributed by atoms with van der Waals surface area (Å²) in [6.07, 6.45) is 4.36. The summed E-state index contributed by atoms with van der Waals surface area (Å²) < 4.78 is 25.6. The Labute approximate surface area is 162 Å². The molecule has 2 fully saturated rings. The van der Waals surface area contributed by atoms with Gasteiger partial charge in [-0.1, -0.05) is 18.2 Å². The van der Waals surface area contributed by atoms with Gasteiger partial charge in [0.25, 0.3) is 5.91 Å². The normalized spacial score (nSPS) is 21.1. The summed E-state index contributed by atoms with van der Waals surface area (Å²) in [7, 11) is -3.02. The van der Waals surface area contributed by atoms with Crippen LogP contribution < -0.4 is 5.32 Å². The average Bonchev–Trinajstić information content (AvgIpc) is 3.32. The molecule has 0 bridgehead atoms. The number of nitrogens with zero attached hydrogens (tertiary/aromatic N) is 3. The van der Waals surface area contributed by atoms with E-state index in [2.05, 4.69) is 15.4 Å². The number of para-hydroxylation sites is 1. The molecule has 1 aliphatic heterocycles. The minimum atomic E-state index is -3.02. The molecule has 1 unspecified atom stereocenters. The lowest BCUT2D eigenvalue weighted by atomic mass is 10.2. The smallest absolute Gasteiger partial charge is 0.276 e. The maximum atomic E-state index is 12.9. The van der Waals surface area contributed by atoms with Crippen LogP contribution in [-0.4, -0.2) is 40.6 Å². The molecule has 2 aliphatic rings. The zero-order chi connectivity index (χ0) is 19.3. The number of rotatable bonds is 4. The first kappa shape index (κ1) is 17.4. The summed E-state index contributed by atoms with van der Waals surface area (Å²) in [5.41, 5.74) is 2.65. The number of sulfone groups is 1. The average molecular weight is 396 g/mol. The van der Waals surface area contributed by atoms with Gasteiger partial charge in [0, 0.05) is 23.2 Å². The number of aromatic nitrogens is 3. The van der Waals surface area contributed by atoms with Gasteiger partial charge < -0.3 is 5.32 Å². The Kier molecular flexibility index (Phi) is 3.97. The zero-order valence-electron chi connectivity index (χ0n) is 15.2. The van der Waals surface area contributed by atoms with Crippen molar-refractivity contribution in [2.24, 2.45) is 0 Å². The number of hydrogen-bond donors (Lipinski definition) is 1. The van der Waals surface area contributed by atoms with E-state index in [4.69, 9.17) is 0 Å². The van der Waals surface area contributed by atoms with E-state index in [1.54, 1.807) is 10.9 Å². The molecule has 2 aromatic heterocycles. The van der Waals surface area contributed by atoms with Crippen molar-refractivity contribution >= 4 is 32.3 Å². The van der Waals surface area contributed by atoms with Crippen molar-refractivity contribution in [3.8, 4) is 0 Å². The number of hydrogen-bond acceptors (Lipinski definition) is 5. The van der Waals surface area contributed by atoms with E-state index >= 15 is 0 Å². The topological polar surface area (TPSA) is 94.0 Å². The van der Waals surface area contributed by atoms with Crippen LogP contribution in [0, 0.1) is 0 Å². The Hall–Kier alpha value is -2.74. The van der Waals surface area contributed by atoms with Crippen LogP contribution in [0.1, 0.15) is 47.4 Å². The van der Waals surface area contributed by atoms with Crippen LogP contribution in [0.3, 0.4) is 0 Å². The molecule has 1 saturated heterocycles. The van der Waals surface area contributed by atoms with Crippen molar-refractivity contribution < 1.29 is 13.2 Å². The van der Waals surface area contributed by atoms with Crippen molar-refractivity contribution in [2.75, 3.05) is 16.8 Å². The number of nitrogens with one attached hydrogen (secondary N) is 1. The van der Waals surface area contributed by atoms with Crippen molar-refractivity contribution in [1.29, 1.82) is 0 Å². The number of carbonyl (C=O) groups excluding carboxylic acids is 1. The molecule has 144 valence electrons. The minimum absolute atomic E-state index is 0.0999. The van der Waals surface area contributed by atoms with E-state index in [0.717, 1.165) is 29.4 Å². The highest BCUT2D eigenvalue weighted by Gasteiger charge is 2.36. The van der Waals surface area contributed by atoms with E-state index in [1.165, 1.54) is 0 Å². The fourth-order valence-corrected chi connectivity index (χ4v) is 5.55. The van der Waals surface area contributed by atoms with Gasteiger partial charge in [-0.25, -0.2) is 8.42 Å². The van der Waals surface area contributed by atoms with Gasteiger partial charge in [0.1, 0.15) is 0 Å². The standard InChI is InChI=1S/C20H20N4O3S/c25-20(22-16-5-1-3-14-4-2-9-21-19(14)16)17-11-18(13-6-7-13)24(23-17)15-8-10-28(26,27)12-15/h1-5,9,11,13,15H,6-8,10,12H2,(H,22,25).